The second-order valence-corrected chi connectivity index (χ2v) is 9.05. The molecule has 0 heterocycles. The SMILES string of the molecule is CC(=O)Oc1ccc2c(c1)CC[C@@H]1[C@@H]2CC[C@]2(C)C(c3ccccc3)=CC[C@@H]12. The monoisotopic (exact) mass is 372 g/mol. The molecular weight excluding hydrogens is 344 g/mol. The lowest BCUT2D eigenvalue weighted by molar-refractivity contribution is -0.131. The molecule has 0 amide bonds. The molecule has 2 nitrogen and oxygen atoms in total. The van der Waals surface area contributed by atoms with Crippen LogP contribution in [0.3, 0.4) is 0 Å². The molecule has 0 spiro atoms. The van der Waals surface area contributed by atoms with Crippen LogP contribution in [0.2, 0.25) is 0 Å². The van der Waals surface area contributed by atoms with Gasteiger partial charge in [0, 0.05) is 6.92 Å². The predicted octanol–water partition coefficient (Wildman–Crippen LogP) is 6.16. The van der Waals surface area contributed by atoms with E-state index < -0.39 is 0 Å². The highest BCUT2D eigenvalue weighted by Gasteiger charge is 2.51. The van der Waals surface area contributed by atoms with Gasteiger partial charge < -0.3 is 4.74 Å². The van der Waals surface area contributed by atoms with Gasteiger partial charge in [-0.3, -0.25) is 4.79 Å². The zero-order valence-electron chi connectivity index (χ0n) is 16.8. The summed E-state index contributed by atoms with van der Waals surface area (Å²) in [6.07, 6.45) is 8.59. The average molecular weight is 373 g/mol. The van der Waals surface area contributed by atoms with Crippen LogP contribution < -0.4 is 4.74 Å². The molecule has 0 unspecified atom stereocenters. The first-order valence-electron chi connectivity index (χ1n) is 10.6. The first-order valence-corrected chi connectivity index (χ1v) is 10.6. The Labute approximate surface area is 167 Å². The molecule has 0 radical (unpaired) electrons. The summed E-state index contributed by atoms with van der Waals surface area (Å²) in [6, 6.07) is 17.3. The Morgan fingerprint density at radius 1 is 1.11 bits per heavy atom. The van der Waals surface area contributed by atoms with Crippen LogP contribution >= 0.6 is 0 Å². The van der Waals surface area contributed by atoms with E-state index in [2.05, 4.69) is 55.5 Å². The zero-order valence-corrected chi connectivity index (χ0v) is 16.8. The average Bonchev–Trinajstić information content (AvgIpc) is 3.05. The summed E-state index contributed by atoms with van der Waals surface area (Å²) in [5.74, 6) is 2.59. The zero-order chi connectivity index (χ0) is 19.3. The van der Waals surface area contributed by atoms with Gasteiger partial charge >= 0.3 is 5.97 Å². The molecule has 0 saturated heterocycles. The standard InChI is InChI=1S/C26H28O2/c1-17(27)28-20-9-11-21-19(16-20)8-10-23-22(21)14-15-26(2)24(12-13-25(23)26)18-6-4-3-5-7-18/h3-7,9,11-12,16,22-23,25H,8,10,13-15H2,1-2H3/t22-,23-,25+,26-/m1/s1. The van der Waals surface area contributed by atoms with E-state index in [0.717, 1.165) is 18.3 Å². The van der Waals surface area contributed by atoms with E-state index >= 15 is 0 Å². The van der Waals surface area contributed by atoms with Crippen molar-refractivity contribution < 1.29 is 9.53 Å². The maximum atomic E-state index is 11.3. The van der Waals surface area contributed by atoms with Gasteiger partial charge in [0.2, 0.25) is 0 Å². The number of benzene rings is 2. The van der Waals surface area contributed by atoms with Crippen molar-refractivity contribution in [1.82, 2.24) is 0 Å². The lowest BCUT2D eigenvalue weighted by Crippen LogP contribution is -2.40. The fourth-order valence-corrected chi connectivity index (χ4v) is 6.42. The summed E-state index contributed by atoms with van der Waals surface area (Å²) in [7, 11) is 0. The highest BCUT2D eigenvalue weighted by Crippen LogP contribution is 2.63. The number of hydrogen-bond acceptors (Lipinski definition) is 2. The fraction of sp³-hybridized carbons (Fsp3) is 0.423. The number of aryl methyl sites for hydroxylation is 1. The molecule has 3 aliphatic rings. The number of hydrogen-bond donors (Lipinski definition) is 0. The summed E-state index contributed by atoms with van der Waals surface area (Å²) in [5, 5.41) is 0. The molecule has 144 valence electrons. The van der Waals surface area contributed by atoms with Crippen LogP contribution in [0.4, 0.5) is 0 Å². The lowest BCUT2D eigenvalue weighted by atomic mass is 9.54. The minimum atomic E-state index is -0.243. The van der Waals surface area contributed by atoms with Gasteiger partial charge in [-0.15, -0.1) is 0 Å². The summed E-state index contributed by atoms with van der Waals surface area (Å²) >= 11 is 0. The van der Waals surface area contributed by atoms with Crippen LogP contribution in [-0.4, -0.2) is 5.97 Å². The molecule has 2 aromatic carbocycles. The second kappa shape index (κ2) is 6.62. The van der Waals surface area contributed by atoms with E-state index in [-0.39, 0.29) is 5.97 Å². The molecule has 1 fully saturated rings. The maximum absolute atomic E-state index is 11.3. The molecule has 3 aliphatic carbocycles. The summed E-state index contributed by atoms with van der Waals surface area (Å²) < 4.78 is 5.32. The van der Waals surface area contributed by atoms with Crippen molar-refractivity contribution in [3.8, 4) is 5.75 Å². The van der Waals surface area contributed by atoms with Gasteiger partial charge in [-0.2, -0.15) is 0 Å². The van der Waals surface area contributed by atoms with E-state index in [1.165, 1.54) is 49.3 Å². The summed E-state index contributed by atoms with van der Waals surface area (Å²) in [5.41, 5.74) is 6.18. The predicted molar refractivity (Wildman–Crippen MR) is 112 cm³/mol. The van der Waals surface area contributed by atoms with Gasteiger partial charge in [0.05, 0.1) is 0 Å². The number of esters is 1. The van der Waals surface area contributed by atoms with Crippen LogP contribution in [0.5, 0.6) is 5.75 Å². The van der Waals surface area contributed by atoms with Crippen LogP contribution in [-0.2, 0) is 11.2 Å². The molecule has 1 saturated carbocycles. The number of rotatable bonds is 2. The van der Waals surface area contributed by atoms with Crippen molar-refractivity contribution in [2.75, 3.05) is 0 Å². The molecule has 2 aromatic rings. The van der Waals surface area contributed by atoms with E-state index in [4.69, 9.17) is 4.74 Å². The van der Waals surface area contributed by atoms with Crippen molar-refractivity contribution in [2.24, 2.45) is 17.3 Å². The van der Waals surface area contributed by atoms with Gasteiger partial charge in [-0.05, 0) is 89.7 Å². The molecule has 4 atom stereocenters. The van der Waals surface area contributed by atoms with Crippen molar-refractivity contribution in [2.45, 2.75) is 51.9 Å². The van der Waals surface area contributed by atoms with Crippen LogP contribution in [0.25, 0.3) is 5.57 Å². The molecule has 0 aromatic heterocycles. The topological polar surface area (TPSA) is 26.3 Å². The highest BCUT2D eigenvalue weighted by atomic mass is 16.5. The summed E-state index contributed by atoms with van der Waals surface area (Å²) in [6.45, 7) is 3.98. The normalized spacial score (nSPS) is 30.6. The smallest absolute Gasteiger partial charge is 0.308 e. The van der Waals surface area contributed by atoms with Gasteiger partial charge in [-0.1, -0.05) is 49.4 Å². The molecule has 0 aliphatic heterocycles. The number of fused-ring (bicyclic) bond motifs is 5. The maximum Gasteiger partial charge on any atom is 0.308 e. The van der Waals surface area contributed by atoms with Gasteiger partial charge in [-0.25, -0.2) is 0 Å². The Morgan fingerprint density at radius 3 is 2.71 bits per heavy atom. The Balaban J connectivity index is 1.43. The Kier molecular flexibility index (Phi) is 4.19. The molecule has 28 heavy (non-hydrogen) atoms. The molecule has 0 N–H and O–H groups in total. The number of carbonyl (C=O) groups excluding carboxylic acids is 1. The molecule has 5 rings (SSSR count). The number of ether oxygens (including phenoxy) is 1. The fourth-order valence-electron chi connectivity index (χ4n) is 6.42. The van der Waals surface area contributed by atoms with Gasteiger partial charge in [0.15, 0.2) is 0 Å². The van der Waals surface area contributed by atoms with Crippen molar-refractivity contribution in [3.63, 3.8) is 0 Å². The van der Waals surface area contributed by atoms with Crippen LogP contribution in [0.15, 0.2) is 54.6 Å². The van der Waals surface area contributed by atoms with E-state index in [9.17, 15) is 4.79 Å². The minimum absolute atomic E-state index is 0.243. The highest BCUT2D eigenvalue weighted by molar-refractivity contribution is 5.73. The van der Waals surface area contributed by atoms with E-state index in [1.54, 1.807) is 5.57 Å². The van der Waals surface area contributed by atoms with Gasteiger partial charge in [0.1, 0.15) is 5.75 Å². The second-order valence-electron chi connectivity index (χ2n) is 9.05. The Hall–Kier alpha value is -2.35. The Morgan fingerprint density at radius 2 is 1.93 bits per heavy atom. The molecule has 0 bridgehead atoms. The van der Waals surface area contributed by atoms with Crippen LogP contribution in [0.1, 0.15) is 62.1 Å². The third-order valence-corrected chi connectivity index (χ3v) is 7.63. The lowest BCUT2D eigenvalue weighted by Gasteiger charge is -2.50. The van der Waals surface area contributed by atoms with Crippen LogP contribution in [0, 0.1) is 17.3 Å². The van der Waals surface area contributed by atoms with Crippen molar-refractivity contribution in [1.29, 1.82) is 0 Å². The molecule has 2 heteroatoms. The van der Waals surface area contributed by atoms with E-state index in [0.29, 0.717) is 17.1 Å². The number of allylic oxidation sites excluding steroid dienone is 2. The van der Waals surface area contributed by atoms with Gasteiger partial charge in [0.25, 0.3) is 0 Å². The van der Waals surface area contributed by atoms with E-state index in [1.807, 2.05) is 6.07 Å². The summed E-state index contributed by atoms with van der Waals surface area (Å²) in [4.78, 5) is 11.3. The Bertz CT molecular complexity index is 942. The number of carbonyl (C=O) groups is 1. The quantitative estimate of drug-likeness (QED) is 0.466. The van der Waals surface area contributed by atoms with Crippen molar-refractivity contribution in [3.05, 3.63) is 71.3 Å². The first kappa shape index (κ1) is 17.7. The first-order chi connectivity index (χ1) is 13.6. The third-order valence-electron chi connectivity index (χ3n) is 7.63. The largest absolute Gasteiger partial charge is 0.427 e. The molecular formula is C26H28O2. The minimum Gasteiger partial charge on any atom is -0.427 e. The van der Waals surface area contributed by atoms with Crippen molar-refractivity contribution >= 4 is 11.5 Å². The third kappa shape index (κ3) is 2.73.